The highest BCUT2D eigenvalue weighted by Gasteiger charge is 2.30. The summed E-state index contributed by atoms with van der Waals surface area (Å²) in [5.74, 6) is 0.250. The van der Waals surface area contributed by atoms with Crippen LogP contribution in [-0.2, 0) is 0 Å². The molecule has 0 bridgehead atoms. The van der Waals surface area contributed by atoms with Gasteiger partial charge in [0.1, 0.15) is 0 Å². The van der Waals surface area contributed by atoms with Crippen LogP contribution >= 0.6 is 11.8 Å². The van der Waals surface area contributed by atoms with Gasteiger partial charge in [0.25, 0.3) is 5.91 Å². The van der Waals surface area contributed by atoms with E-state index < -0.39 is 0 Å². The summed E-state index contributed by atoms with van der Waals surface area (Å²) in [6, 6.07) is 17.8. The number of nitrogens with zero attached hydrogens (tertiary/aromatic N) is 1. The fourth-order valence-corrected chi connectivity index (χ4v) is 3.84. The summed E-state index contributed by atoms with van der Waals surface area (Å²) in [4.78, 5) is 16.8. The molecular formula is C19H21NO2S. The number of aliphatic hydroxyl groups is 1. The smallest absolute Gasteiger partial charge is 0.255 e. The minimum atomic E-state index is -0.360. The standard InChI is InChI=1S/C19H21NO2S/c1-14(21)15-11-12-20(13-15)19(22)17-9-5-6-10-18(17)23-16-7-3-2-4-8-16/h2-10,14-15,21H,11-13H2,1H3. The Bertz CT molecular complexity index is 672. The van der Waals surface area contributed by atoms with Gasteiger partial charge in [-0.05, 0) is 37.6 Å². The third-order valence-corrected chi connectivity index (χ3v) is 5.37. The zero-order chi connectivity index (χ0) is 16.2. The molecule has 120 valence electrons. The molecule has 0 aromatic heterocycles. The van der Waals surface area contributed by atoms with E-state index in [2.05, 4.69) is 0 Å². The number of aliphatic hydroxyl groups excluding tert-OH is 1. The van der Waals surface area contributed by atoms with E-state index in [1.807, 2.05) is 59.5 Å². The average molecular weight is 327 g/mol. The molecule has 1 saturated heterocycles. The van der Waals surface area contributed by atoms with Crippen molar-refractivity contribution in [3.8, 4) is 0 Å². The lowest BCUT2D eigenvalue weighted by Gasteiger charge is -2.19. The van der Waals surface area contributed by atoms with Gasteiger partial charge in [-0.15, -0.1) is 0 Å². The molecule has 23 heavy (non-hydrogen) atoms. The molecular weight excluding hydrogens is 306 g/mol. The molecule has 0 saturated carbocycles. The lowest BCUT2D eigenvalue weighted by atomic mass is 10.0. The first-order chi connectivity index (χ1) is 11.1. The van der Waals surface area contributed by atoms with Crippen molar-refractivity contribution >= 4 is 17.7 Å². The molecule has 1 aliphatic heterocycles. The molecule has 2 unspecified atom stereocenters. The summed E-state index contributed by atoms with van der Waals surface area (Å²) in [6.07, 6.45) is 0.513. The van der Waals surface area contributed by atoms with E-state index in [-0.39, 0.29) is 17.9 Å². The van der Waals surface area contributed by atoms with Crippen molar-refractivity contribution in [1.82, 2.24) is 4.90 Å². The molecule has 4 heteroatoms. The predicted octanol–water partition coefficient (Wildman–Crippen LogP) is 3.68. The molecule has 1 fully saturated rings. The van der Waals surface area contributed by atoms with Crippen LogP contribution in [0.3, 0.4) is 0 Å². The molecule has 1 aliphatic rings. The summed E-state index contributed by atoms with van der Waals surface area (Å²) >= 11 is 1.61. The first-order valence-corrected chi connectivity index (χ1v) is 8.76. The van der Waals surface area contributed by atoms with Gasteiger partial charge in [-0.3, -0.25) is 4.79 Å². The van der Waals surface area contributed by atoms with Gasteiger partial charge in [0, 0.05) is 28.8 Å². The molecule has 2 aromatic carbocycles. The van der Waals surface area contributed by atoms with Crippen LogP contribution in [0.2, 0.25) is 0 Å². The van der Waals surface area contributed by atoms with Crippen molar-refractivity contribution in [2.75, 3.05) is 13.1 Å². The maximum absolute atomic E-state index is 12.9. The first-order valence-electron chi connectivity index (χ1n) is 7.94. The second kappa shape index (κ2) is 7.20. The molecule has 1 heterocycles. The highest BCUT2D eigenvalue weighted by molar-refractivity contribution is 7.99. The number of carbonyl (C=O) groups excluding carboxylic acids is 1. The minimum Gasteiger partial charge on any atom is -0.393 e. The van der Waals surface area contributed by atoms with Crippen LogP contribution in [-0.4, -0.2) is 35.1 Å². The largest absolute Gasteiger partial charge is 0.393 e. The van der Waals surface area contributed by atoms with Crippen LogP contribution in [0.25, 0.3) is 0 Å². The Morgan fingerprint density at radius 1 is 1.17 bits per heavy atom. The van der Waals surface area contributed by atoms with E-state index >= 15 is 0 Å². The summed E-state index contributed by atoms with van der Waals surface area (Å²) in [6.45, 7) is 3.16. The quantitative estimate of drug-likeness (QED) is 0.931. The predicted molar refractivity (Wildman–Crippen MR) is 92.7 cm³/mol. The van der Waals surface area contributed by atoms with Gasteiger partial charge in [-0.1, -0.05) is 42.1 Å². The summed E-state index contributed by atoms with van der Waals surface area (Å²) < 4.78 is 0. The number of hydrogen-bond acceptors (Lipinski definition) is 3. The number of rotatable bonds is 4. The Morgan fingerprint density at radius 3 is 2.57 bits per heavy atom. The van der Waals surface area contributed by atoms with Gasteiger partial charge in [0.2, 0.25) is 0 Å². The summed E-state index contributed by atoms with van der Waals surface area (Å²) in [5, 5.41) is 9.73. The normalized spacial score (nSPS) is 18.9. The van der Waals surface area contributed by atoms with Crippen molar-refractivity contribution < 1.29 is 9.90 Å². The Labute approximate surface area is 141 Å². The van der Waals surface area contributed by atoms with Gasteiger partial charge in [0.05, 0.1) is 11.7 Å². The van der Waals surface area contributed by atoms with Crippen molar-refractivity contribution in [2.24, 2.45) is 5.92 Å². The summed E-state index contributed by atoms with van der Waals surface area (Å²) in [5.41, 5.74) is 0.743. The molecule has 2 aromatic rings. The van der Waals surface area contributed by atoms with Crippen molar-refractivity contribution in [3.63, 3.8) is 0 Å². The molecule has 2 atom stereocenters. The second-order valence-electron chi connectivity index (χ2n) is 5.95. The van der Waals surface area contributed by atoms with E-state index in [1.54, 1.807) is 18.7 Å². The van der Waals surface area contributed by atoms with Gasteiger partial charge >= 0.3 is 0 Å². The van der Waals surface area contributed by atoms with E-state index in [1.165, 1.54) is 0 Å². The number of likely N-dealkylation sites (tertiary alicyclic amines) is 1. The van der Waals surface area contributed by atoms with Crippen molar-refractivity contribution in [3.05, 3.63) is 60.2 Å². The first kappa shape index (κ1) is 16.1. The maximum atomic E-state index is 12.9. The molecule has 0 radical (unpaired) electrons. The van der Waals surface area contributed by atoms with Gasteiger partial charge in [0.15, 0.2) is 0 Å². The van der Waals surface area contributed by atoms with Crippen LogP contribution in [0.15, 0.2) is 64.4 Å². The lowest BCUT2D eigenvalue weighted by molar-refractivity contribution is 0.0759. The fraction of sp³-hybridized carbons (Fsp3) is 0.316. The van der Waals surface area contributed by atoms with Gasteiger partial charge < -0.3 is 10.0 Å². The topological polar surface area (TPSA) is 40.5 Å². The van der Waals surface area contributed by atoms with Crippen LogP contribution < -0.4 is 0 Å². The maximum Gasteiger partial charge on any atom is 0.255 e. The van der Waals surface area contributed by atoms with E-state index in [4.69, 9.17) is 0 Å². The Kier molecular flexibility index (Phi) is 5.03. The zero-order valence-corrected chi connectivity index (χ0v) is 14.0. The number of carbonyl (C=O) groups is 1. The van der Waals surface area contributed by atoms with Gasteiger partial charge in [-0.25, -0.2) is 0 Å². The average Bonchev–Trinajstić information content (AvgIpc) is 3.06. The van der Waals surface area contributed by atoms with Gasteiger partial charge in [-0.2, -0.15) is 0 Å². The van der Waals surface area contributed by atoms with Crippen molar-refractivity contribution in [1.29, 1.82) is 0 Å². The highest BCUT2D eigenvalue weighted by Crippen LogP contribution is 2.32. The fourth-order valence-electron chi connectivity index (χ4n) is 2.88. The monoisotopic (exact) mass is 327 g/mol. The van der Waals surface area contributed by atoms with E-state index in [9.17, 15) is 9.90 Å². The molecule has 0 spiro atoms. The number of amides is 1. The minimum absolute atomic E-state index is 0.0622. The second-order valence-corrected chi connectivity index (χ2v) is 7.07. The van der Waals surface area contributed by atoms with E-state index in [0.717, 1.165) is 28.3 Å². The summed E-state index contributed by atoms with van der Waals surface area (Å²) in [7, 11) is 0. The number of hydrogen-bond donors (Lipinski definition) is 1. The van der Waals surface area contributed by atoms with Crippen LogP contribution in [0.5, 0.6) is 0 Å². The molecule has 0 aliphatic carbocycles. The van der Waals surface area contributed by atoms with E-state index in [0.29, 0.717) is 6.54 Å². The highest BCUT2D eigenvalue weighted by atomic mass is 32.2. The van der Waals surface area contributed by atoms with Crippen LogP contribution in [0.4, 0.5) is 0 Å². The molecule has 1 amide bonds. The van der Waals surface area contributed by atoms with Crippen molar-refractivity contribution in [2.45, 2.75) is 29.2 Å². The molecule has 3 nitrogen and oxygen atoms in total. The Balaban J connectivity index is 1.79. The third-order valence-electron chi connectivity index (χ3n) is 4.28. The van der Waals surface area contributed by atoms with Crippen LogP contribution in [0, 0.1) is 5.92 Å². The molecule has 1 N–H and O–H groups in total. The Morgan fingerprint density at radius 2 is 1.87 bits per heavy atom. The lowest BCUT2D eigenvalue weighted by Crippen LogP contribution is -2.30. The number of benzene rings is 2. The van der Waals surface area contributed by atoms with Crippen LogP contribution in [0.1, 0.15) is 23.7 Å². The molecule has 3 rings (SSSR count). The zero-order valence-electron chi connectivity index (χ0n) is 13.2. The Hall–Kier alpha value is -1.78. The SMILES string of the molecule is CC(O)C1CCN(C(=O)c2ccccc2Sc2ccccc2)C1. The third kappa shape index (κ3) is 3.77.